The Bertz CT molecular complexity index is 1530. The summed E-state index contributed by atoms with van der Waals surface area (Å²) < 4.78 is 80.4. The number of carboxylic acids is 1. The van der Waals surface area contributed by atoms with Crippen LogP contribution < -0.4 is 19.5 Å². The molecule has 0 unspecified atom stereocenters. The van der Waals surface area contributed by atoms with Crippen molar-refractivity contribution < 1.29 is 45.8 Å². The van der Waals surface area contributed by atoms with Gasteiger partial charge in [0.05, 0.1) is 12.7 Å². The number of aromatic carboxylic acids is 1. The van der Waals surface area contributed by atoms with Crippen LogP contribution in [0.1, 0.15) is 45.8 Å². The van der Waals surface area contributed by atoms with Crippen LogP contribution in [0.15, 0.2) is 41.3 Å². The predicted octanol–water partition coefficient (Wildman–Crippen LogP) is 4.19. The quantitative estimate of drug-likeness (QED) is 0.347. The SMILES string of the molecule is COc1ccc(C(=O)Nc2ccc(Oc3c(C)c(C(=O)O)nn3C)c(S(=O)(=O)NC(C)C)c2)cc1C(F)(F)F. The fourth-order valence-electron chi connectivity index (χ4n) is 3.59. The molecule has 1 amide bonds. The van der Waals surface area contributed by atoms with Crippen molar-refractivity contribution in [2.45, 2.75) is 37.9 Å². The number of sulfonamides is 1. The van der Waals surface area contributed by atoms with Gasteiger partial charge in [-0.2, -0.15) is 18.3 Å². The summed E-state index contributed by atoms with van der Waals surface area (Å²) in [5.74, 6) is -2.97. The number of carbonyl (C=O) groups is 2. The van der Waals surface area contributed by atoms with E-state index >= 15 is 0 Å². The number of aromatic nitrogens is 2. The number of rotatable bonds is 9. The Morgan fingerprint density at radius 2 is 1.74 bits per heavy atom. The van der Waals surface area contributed by atoms with Crippen molar-refractivity contribution in [3.63, 3.8) is 0 Å². The molecule has 0 fully saturated rings. The topological polar surface area (TPSA) is 149 Å². The van der Waals surface area contributed by atoms with Crippen LogP contribution >= 0.6 is 0 Å². The average Bonchev–Trinajstić information content (AvgIpc) is 3.11. The highest BCUT2D eigenvalue weighted by molar-refractivity contribution is 7.89. The number of nitrogens with one attached hydrogen (secondary N) is 2. The number of carboxylic acid groups (broad SMARTS) is 1. The van der Waals surface area contributed by atoms with Crippen molar-refractivity contribution in [2.75, 3.05) is 12.4 Å². The molecule has 1 heterocycles. The van der Waals surface area contributed by atoms with E-state index in [0.29, 0.717) is 6.07 Å². The van der Waals surface area contributed by atoms with Crippen LogP contribution in [0.5, 0.6) is 17.4 Å². The smallest absolute Gasteiger partial charge is 0.419 e. The molecule has 3 aromatic rings. The number of anilines is 1. The zero-order valence-electron chi connectivity index (χ0n) is 21.4. The molecular formula is C24H25F3N4O7S. The van der Waals surface area contributed by atoms with Crippen LogP contribution in [0.25, 0.3) is 0 Å². The molecule has 0 aliphatic heterocycles. The Morgan fingerprint density at radius 1 is 1.10 bits per heavy atom. The highest BCUT2D eigenvalue weighted by Crippen LogP contribution is 2.37. The van der Waals surface area contributed by atoms with Crippen LogP contribution in [0, 0.1) is 6.92 Å². The van der Waals surface area contributed by atoms with Gasteiger partial charge in [-0.1, -0.05) is 0 Å². The lowest BCUT2D eigenvalue weighted by Crippen LogP contribution is -2.30. The zero-order chi connectivity index (χ0) is 29.3. The molecule has 0 spiro atoms. The largest absolute Gasteiger partial charge is 0.496 e. The highest BCUT2D eigenvalue weighted by atomic mass is 32.2. The molecule has 0 aliphatic rings. The van der Waals surface area contributed by atoms with E-state index in [1.807, 2.05) is 0 Å². The third kappa shape index (κ3) is 6.49. The van der Waals surface area contributed by atoms with E-state index in [1.54, 1.807) is 13.8 Å². The maximum Gasteiger partial charge on any atom is 0.419 e. The number of halogens is 3. The second kappa shape index (κ2) is 10.9. The monoisotopic (exact) mass is 570 g/mol. The molecule has 2 aromatic carbocycles. The molecule has 0 aliphatic carbocycles. The molecule has 0 bridgehead atoms. The van der Waals surface area contributed by atoms with Gasteiger partial charge in [0.1, 0.15) is 16.4 Å². The number of nitrogens with zero attached hydrogens (tertiary/aromatic N) is 2. The van der Waals surface area contributed by atoms with Crippen LogP contribution in [-0.4, -0.2) is 48.3 Å². The first-order valence-electron chi connectivity index (χ1n) is 11.2. The molecule has 11 nitrogen and oxygen atoms in total. The lowest BCUT2D eigenvalue weighted by molar-refractivity contribution is -0.138. The molecule has 39 heavy (non-hydrogen) atoms. The first-order chi connectivity index (χ1) is 18.0. The van der Waals surface area contributed by atoms with Crippen LogP contribution in [0.3, 0.4) is 0 Å². The third-order valence-electron chi connectivity index (χ3n) is 5.28. The van der Waals surface area contributed by atoms with E-state index in [4.69, 9.17) is 9.47 Å². The number of hydrogen-bond donors (Lipinski definition) is 3. The van der Waals surface area contributed by atoms with Gasteiger partial charge in [-0.15, -0.1) is 0 Å². The summed E-state index contributed by atoms with van der Waals surface area (Å²) >= 11 is 0. The lowest BCUT2D eigenvalue weighted by atomic mass is 10.1. The second-order valence-corrected chi connectivity index (χ2v) is 10.3. The summed E-state index contributed by atoms with van der Waals surface area (Å²) in [5.41, 5.74) is -1.71. The van der Waals surface area contributed by atoms with Crippen molar-refractivity contribution in [3.8, 4) is 17.4 Å². The average molecular weight is 571 g/mol. The lowest BCUT2D eigenvalue weighted by Gasteiger charge is -2.17. The number of ether oxygens (including phenoxy) is 2. The minimum Gasteiger partial charge on any atom is -0.496 e. The fourth-order valence-corrected chi connectivity index (χ4v) is 5.00. The molecule has 1 aromatic heterocycles. The molecule has 3 N–H and O–H groups in total. The van der Waals surface area contributed by atoms with E-state index in [-0.39, 0.29) is 34.1 Å². The Balaban J connectivity index is 2.03. The Hall–Kier alpha value is -4.11. The van der Waals surface area contributed by atoms with Gasteiger partial charge in [0.25, 0.3) is 5.91 Å². The van der Waals surface area contributed by atoms with E-state index in [1.165, 1.54) is 26.1 Å². The van der Waals surface area contributed by atoms with Gasteiger partial charge < -0.3 is 19.9 Å². The normalized spacial score (nSPS) is 11.9. The maximum absolute atomic E-state index is 13.4. The maximum atomic E-state index is 13.4. The minimum atomic E-state index is -4.78. The summed E-state index contributed by atoms with van der Waals surface area (Å²) in [4.78, 5) is 23.8. The first-order valence-corrected chi connectivity index (χ1v) is 12.7. The summed E-state index contributed by atoms with van der Waals surface area (Å²) in [6.07, 6.45) is -4.78. The van der Waals surface area contributed by atoms with Crippen molar-refractivity contribution in [3.05, 3.63) is 58.8 Å². The van der Waals surface area contributed by atoms with Gasteiger partial charge in [0, 0.05) is 29.9 Å². The number of alkyl halides is 3. The van der Waals surface area contributed by atoms with Gasteiger partial charge in [-0.25, -0.2) is 22.6 Å². The Labute approximate surface area is 221 Å². The highest BCUT2D eigenvalue weighted by Gasteiger charge is 2.35. The number of amides is 1. The zero-order valence-corrected chi connectivity index (χ0v) is 22.2. The second-order valence-electron chi connectivity index (χ2n) is 8.61. The van der Waals surface area contributed by atoms with Crippen LogP contribution in [0.4, 0.5) is 18.9 Å². The van der Waals surface area contributed by atoms with Gasteiger partial charge in [0.15, 0.2) is 5.69 Å². The van der Waals surface area contributed by atoms with E-state index < -0.39 is 50.3 Å². The molecule has 0 radical (unpaired) electrons. The molecule has 0 saturated heterocycles. The van der Waals surface area contributed by atoms with Gasteiger partial charge in [0.2, 0.25) is 15.9 Å². The summed E-state index contributed by atoms with van der Waals surface area (Å²) in [6, 6.07) is 5.78. The van der Waals surface area contributed by atoms with E-state index in [0.717, 1.165) is 30.0 Å². The number of hydrogen-bond acceptors (Lipinski definition) is 7. The Kier molecular flexibility index (Phi) is 8.26. The number of methoxy groups -OCH3 is 1. The predicted molar refractivity (Wildman–Crippen MR) is 133 cm³/mol. The van der Waals surface area contributed by atoms with Crippen LogP contribution in [0.2, 0.25) is 0 Å². The summed E-state index contributed by atoms with van der Waals surface area (Å²) in [5, 5.41) is 15.5. The number of carbonyl (C=O) groups excluding carboxylic acids is 1. The van der Waals surface area contributed by atoms with Gasteiger partial charge in [-0.05, 0) is 57.2 Å². The van der Waals surface area contributed by atoms with E-state index in [9.17, 15) is 36.3 Å². The molecule has 15 heteroatoms. The van der Waals surface area contributed by atoms with Crippen molar-refractivity contribution >= 4 is 27.6 Å². The molecular weight excluding hydrogens is 545 g/mol. The van der Waals surface area contributed by atoms with Crippen LogP contribution in [-0.2, 0) is 23.2 Å². The molecule has 210 valence electrons. The molecule has 0 atom stereocenters. The van der Waals surface area contributed by atoms with E-state index in [2.05, 4.69) is 15.1 Å². The fraction of sp³-hybridized carbons (Fsp3) is 0.292. The Morgan fingerprint density at radius 3 is 2.28 bits per heavy atom. The first kappa shape index (κ1) is 29.4. The number of aryl methyl sites for hydroxylation is 1. The van der Waals surface area contributed by atoms with Crippen molar-refractivity contribution in [1.29, 1.82) is 0 Å². The molecule has 3 rings (SSSR count). The minimum absolute atomic E-state index is 0.0388. The standard InChI is InChI=1S/C24H25F3N4O7S/c1-12(2)30-39(35,36)19-11-15(7-9-18(19)38-22-13(3)20(23(33)34)29-31(22)4)28-21(32)14-6-8-17(37-5)16(10-14)24(25,26)27/h6-12,30H,1-5H3,(H,28,32)(H,33,34). The van der Waals surface area contributed by atoms with Crippen molar-refractivity contribution in [1.82, 2.24) is 14.5 Å². The summed E-state index contributed by atoms with van der Waals surface area (Å²) in [7, 11) is -1.76. The van der Waals surface area contributed by atoms with Gasteiger partial charge in [-0.3, -0.25) is 4.79 Å². The number of benzene rings is 2. The van der Waals surface area contributed by atoms with Gasteiger partial charge >= 0.3 is 12.1 Å². The third-order valence-corrected chi connectivity index (χ3v) is 6.96. The van der Waals surface area contributed by atoms with Crippen molar-refractivity contribution in [2.24, 2.45) is 7.05 Å². The molecule has 0 saturated carbocycles. The summed E-state index contributed by atoms with van der Waals surface area (Å²) in [6.45, 7) is 4.59.